The van der Waals surface area contributed by atoms with Crippen molar-refractivity contribution in [3.63, 3.8) is 0 Å². The number of hydrogen-bond donors (Lipinski definition) is 2. The van der Waals surface area contributed by atoms with E-state index in [1.807, 2.05) is 6.92 Å². The van der Waals surface area contributed by atoms with Crippen molar-refractivity contribution in [3.8, 4) is 0 Å². The average molecular weight is 545 g/mol. The second-order valence-corrected chi connectivity index (χ2v) is 7.58. The first-order valence-electron chi connectivity index (χ1n) is 9.97. The van der Waals surface area contributed by atoms with Crippen LogP contribution in [0.15, 0.2) is 23.2 Å². The minimum Gasteiger partial charge on any atom is -0.357 e. The predicted octanol–water partition coefficient (Wildman–Crippen LogP) is 3.40. The van der Waals surface area contributed by atoms with E-state index in [4.69, 9.17) is 0 Å². The van der Waals surface area contributed by atoms with Gasteiger partial charge < -0.3 is 20.4 Å². The van der Waals surface area contributed by atoms with Gasteiger partial charge in [-0.05, 0) is 37.6 Å². The second-order valence-electron chi connectivity index (χ2n) is 7.58. The fraction of sp³-hybridized carbons (Fsp3) is 0.650. The van der Waals surface area contributed by atoms with E-state index in [0.29, 0.717) is 31.0 Å². The Morgan fingerprint density at radius 3 is 2.43 bits per heavy atom. The molecule has 1 fully saturated rings. The predicted molar refractivity (Wildman–Crippen MR) is 123 cm³/mol. The maximum Gasteiger partial charge on any atom is 0.416 e. The summed E-state index contributed by atoms with van der Waals surface area (Å²) >= 11 is 0. The largest absolute Gasteiger partial charge is 0.416 e. The van der Waals surface area contributed by atoms with Crippen molar-refractivity contribution >= 4 is 29.9 Å². The number of alkyl halides is 3. The molecule has 30 heavy (non-hydrogen) atoms. The molecular weight excluding hydrogens is 513 g/mol. The van der Waals surface area contributed by atoms with Crippen LogP contribution >= 0.6 is 24.0 Å². The van der Waals surface area contributed by atoms with Crippen LogP contribution in [-0.2, 0) is 12.7 Å². The van der Waals surface area contributed by atoms with Crippen LogP contribution in [0.5, 0.6) is 0 Å². The van der Waals surface area contributed by atoms with Crippen molar-refractivity contribution < 1.29 is 17.6 Å². The lowest BCUT2D eigenvalue weighted by Crippen LogP contribution is -2.47. The highest BCUT2D eigenvalue weighted by Gasteiger charge is 2.33. The molecule has 2 N–H and O–H groups in total. The van der Waals surface area contributed by atoms with Crippen LogP contribution in [0.2, 0.25) is 0 Å². The Hall–Kier alpha value is -1.14. The lowest BCUT2D eigenvalue weighted by Gasteiger charge is -2.34. The summed E-state index contributed by atoms with van der Waals surface area (Å²) in [5.41, 5.74) is -1.04. The van der Waals surface area contributed by atoms with Crippen molar-refractivity contribution in [3.05, 3.63) is 35.1 Å². The number of guanidine groups is 1. The number of rotatable bonds is 7. The maximum absolute atomic E-state index is 13.3. The minimum atomic E-state index is -4.62. The van der Waals surface area contributed by atoms with E-state index in [1.54, 1.807) is 0 Å². The van der Waals surface area contributed by atoms with E-state index in [2.05, 4.69) is 39.4 Å². The molecule has 0 aliphatic carbocycles. The summed E-state index contributed by atoms with van der Waals surface area (Å²) in [6, 6.07) is 2.68. The molecule has 1 aliphatic heterocycles. The van der Waals surface area contributed by atoms with Gasteiger partial charge in [-0.1, -0.05) is 13.0 Å². The van der Waals surface area contributed by atoms with E-state index in [9.17, 15) is 17.6 Å². The molecule has 1 heterocycles. The fourth-order valence-corrected chi connectivity index (χ4v) is 3.26. The van der Waals surface area contributed by atoms with Crippen molar-refractivity contribution in [1.29, 1.82) is 0 Å². The van der Waals surface area contributed by atoms with Crippen molar-refractivity contribution in [2.45, 2.75) is 26.6 Å². The number of nitrogens with zero attached hydrogens (tertiary/aromatic N) is 3. The Morgan fingerprint density at radius 1 is 1.17 bits per heavy atom. The first kappa shape index (κ1) is 26.9. The number of aliphatic imine (C=N–C) groups is 1. The van der Waals surface area contributed by atoms with Crippen molar-refractivity contribution in [1.82, 2.24) is 20.4 Å². The molecule has 0 saturated carbocycles. The van der Waals surface area contributed by atoms with Crippen molar-refractivity contribution in [2.75, 3.05) is 52.9 Å². The molecule has 1 aromatic carbocycles. The van der Waals surface area contributed by atoms with E-state index < -0.39 is 17.6 Å². The Kier molecular flexibility index (Phi) is 11.3. The quantitative estimate of drug-likeness (QED) is 0.239. The summed E-state index contributed by atoms with van der Waals surface area (Å²) in [4.78, 5) is 8.99. The number of benzene rings is 1. The maximum atomic E-state index is 13.3. The molecule has 5 nitrogen and oxygen atoms in total. The van der Waals surface area contributed by atoms with E-state index in [1.165, 1.54) is 0 Å². The highest BCUT2D eigenvalue weighted by molar-refractivity contribution is 14.0. The van der Waals surface area contributed by atoms with Gasteiger partial charge in [-0.15, -0.1) is 24.0 Å². The summed E-state index contributed by atoms with van der Waals surface area (Å²) < 4.78 is 52.7. The smallest absolute Gasteiger partial charge is 0.357 e. The molecule has 1 saturated heterocycles. The van der Waals surface area contributed by atoms with Crippen LogP contribution in [0, 0.1) is 11.7 Å². The number of likely N-dealkylation sites (N-methyl/N-ethyl adjacent to an activating group) is 1. The van der Waals surface area contributed by atoms with Gasteiger partial charge in [0.1, 0.15) is 5.82 Å². The van der Waals surface area contributed by atoms with E-state index in [-0.39, 0.29) is 36.1 Å². The Balaban J connectivity index is 0.00000450. The molecule has 10 heteroatoms. The summed E-state index contributed by atoms with van der Waals surface area (Å²) in [7, 11) is 2.12. The third-order valence-electron chi connectivity index (χ3n) is 4.91. The molecule has 0 radical (unpaired) electrons. The average Bonchev–Trinajstić information content (AvgIpc) is 2.66. The molecule has 1 unspecified atom stereocenters. The Morgan fingerprint density at radius 2 is 1.83 bits per heavy atom. The zero-order chi connectivity index (χ0) is 21.4. The summed E-state index contributed by atoms with van der Waals surface area (Å²) in [6.07, 6.45) is -4.62. The van der Waals surface area contributed by atoms with Crippen LogP contribution in [0.3, 0.4) is 0 Å². The topological polar surface area (TPSA) is 42.9 Å². The summed E-state index contributed by atoms with van der Waals surface area (Å²) in [6.45, 7) is 10.3. The number of nitrogens with one attached hydrogen (secondary N) is 2. The number of halogens is 5. The molecule has 172 valence electrons. The lowest BCUT2D eigenvalue weighted by atomic mass is 10.1. The molecule has 2 rings (SSSR count). The van der Waals surface area contributed by atoms with Gasteiger partial charge in [0, 0.05) is 45.8 Å². The van der Waals surface area contributed by atoms with Crippen LogP contribution in [0.4, 0.5) is 17.6 Å². The standard InChI is InChI=1S/C20H31F4N5.HI/c1-4-25-19(26-12-15(2)14-29-9-7-28(3)8-10-29)27-13-16-5-6-17(21)11-18(16)20(22,23)24;/h5-6,11,15H,4,7-10,12-14H2,1-3H3,(H2,25,26,27);1H. The minimum absolute atomic E-state index is 0. The third-order valence-corrected chi connectivity index (χ3v) is 4.91. The molecule has 1 atom stereocenters. The van der Waals surface area contributed by atoms with Crippen LogP contribution in [0.25, 0.3) is 0 Å². The zero-order valence-electron chi connectivity index (χ0n) is 17.7. The Labute approximate surface area is 193 Å². The van der Waals surface area contributed by atoms with Gasteiger partial charge in [0.2, 0.25) is 0 Å². The van der Waals surface area contributed by atoms with Gasteiger partial charge in [0.25, 0.3) is 0 Å². The van der Waals surface area contributed by atoms with Gasteiger partial charge in [0.15, 0.2) is 5.96 Å². The van der Waals surface area contributed by atoms with Crippen LogP contribution in [-0.4, -0.2) is 68.6 Å². The van der Waals surface area contributed by atoms with Crippen LogP contribution < -0.4 is 10.6 Å². The molecule has 0 amide bonds. The third kappa shape index (κ3) is 8.93. The molecule has 1 aliphatic rings. The SMILES string of the molecule is CCNC(=NCc1ccc(F)cc1C(F)(F)F)NCC(C)CN1CCN(C)CC1.I. The van der Waals surface area contributed by atoms with Gasteiger partial charge in [-0.3, -0.25) is 0 Å². The summed E-state index contributed by atoms with van der Waals surface area (Å²) in [5.74, 6) is -0.0955. The van der Waals surface area contributed by atoms with Gasteiger partial charge in [-0.25, -0.2) is 9.38 Å². The highest BCUT2D eigenvalue weighted by atomic mass is 127. The lowest BCUT2D eigenvalue weighted by molar-refractivity contribution is -0.138. The normalized spacial score (nSPS) is 17.4. The zero-order valence-corrected chi connectivity index (χ0v) is 20.1. The number of piperazine rings is 1. The number of hydrogen-bond acceptors (Lipinski definition) is 3. The monoisotopic (exact) mass is 545 g/mol. The Bertz CT molecular complexity index is 676. The molecule has 0 spiro atoms. The highest BCUT2D eigenvalue weighted by Crippen LogP contribution is 2.32. The van der Waals surface area contributed by atoms with Gasteiger partial charge in [-0.2, -0.15) is 13.2 Å². The van der Waals surface area contributed by atoms with Crippen molar-refractivity contribution in [2.24, 2.45) is 10.9 Å². The molecule has 0 aromatic heterocycles. The molecular formula is C20H32F4IN5. The first-order chi connectivity index (χ1) is 13.7. The fourth-order valence-electron chi connectivity index (χ4n) is 3.26. The van der Waals surface area contributed by atoms with E-state index >= 15 is 0 Å². The van der Waals surface area contributed by atoms with Gasteiger partial charge >= 0.3 is 6.18 Å². The van der Waals surface area contributed by atoms with Gasteiger partial charge in [0.05, 0.1) is 12.1 Å². The van der Waals surface area contributed by atoms with E-state index in [0.717, 1.165) is 44.9 Å². The van der Waals surface area contributed by atoms with Crippen LogP contribution in [0.1, 0.15) is 25.0 Å². The molecule has 0 bridgehead atoms. The second kappa shape index (κ2) is 12.7. The molecule has 1 aromatic rings. The first-order valence-corrected chi connectivity index (χ1v) is 9.97. The summed E-state index contributed by atoms with van der Waals surface area (Å²) in [5, 5.41) is 6.26.